The third-order valence-electron chi connectivity index (χ3n) is 2.06. The Labute approximate surface area is 91.5 Å². The molecule has 2 aromatic rings. The molecule has 0 amide bonds. The summed E-state index contributed by atoms with van der Waals surface area (Å²) in [5, 5.41) is 0. The van der Waals surface area contributed by atoms with E-state index >= 15 is 0 Å². The molecule has 2 nitrogen and oxygen atoms in total. The normalized spacial score (nSPS) is 10.1. The zero-order valence-corrected chi connectivity index (χ0v) is 8.36. The second-order valence-corrected chi connectivity index (χ2v) is 3.16. The highest BCUT2D eigenvalue weighted by molar-refractivity contribution is 5.20. The van der Waals surface area contributed by atoms with Gasteiger partial charge in [0.15, 0.2) is 0 Å². The van der Waals surface area contributed by atoms with Crippen LogP contribution in [0.2, 0.25) is 0 Å². The third-order valence-corrected chi connectivity index (χ3v) is 2.06. The first-order chi connectivity index (χ1) is 7.77. The lowest BCUT2D eigenvalue weighted by molar-refractivity contribution is 0.281. The van der Waals surface area contributed by atoms with E-state index in [9.17, 15) is 8.78 Å². The molecule has 0 aliphatic carbocycles. The lowest BCUT2D eigenvalue weighted by atomic mass is 10.2. The standard InChI is InChI=1S/C12H9F2NO/c13-10-4-3-5-11(14)9(10)8-16-12-6-1-2-7-15-12/h1-7H,8H2. The van der Waals surface area contributed by atoms with E-state index in [1.807, 2.05) is 0 Å². The largest absolute Gasteiger partial charge is 0.473 e. The van der Waals surface area contributed by atoms with Crippen molar-refractivity contribution in [1.82, 2.24) is 4.98 Å². The monoisotopic (exact) mass is 221 g/mol. The minimum Gasteiger partial charge on any atom is -0.473 e. The van der Waals surface area contributed by atoms with Crippen molar-refractivity contribution in [1.29, 1.82) is 0 Å². The number of benzene rings is 1. The van der Waals surface area contributed by atoms with Crippen LogP contribution in [0.4, 0.5) is 8.78 Å². The van der Waals surface area contributed by atoms with Gasteiger partial charge in [-0.3, -0.25) is 0 Å². The van der Waals surface area contributed by atoms with Crippen LogP contribution in [-0.2, 0) is 6.61 Å². The van der Waals surface area contributed by atoms with Crippen LogP contribution < -0.4 is 4.74 Å². The van der Waals surface area contributed by atoms with E-state index in [0.29, 0.717) is 5.88 Å². The lowest BCUT2D eigenvalue weighted by Crippen LogP contribution is -2.02. The summed E-state index contributed by atoms with van der Waals surface area (Å²) < 4.78 is 31.6. The Morgan fingerprint density at radius 2 is 1.75 bits per heavy atom. The zero-order chi connectivity index (χ0) is 11.4. The summed E-state index contributed by atoms with van der Waals surface area (Å²) in [6, 6.07) is 8.80. The first-order valence-corrected chi connectivity index (χ1v) is 4.74. The van der Waals surface area contributed by atoms with Crippen molar-refractivity contribution < 1.29 is 13.5 Å². The molecular formula is C12H9F2NO. The van der Waals surface area contributed by atoms with Gasteiger partial charge in [0.1, 0.15) is 18.2 Å². The minimum absolute atomic E-state index is 0.0897. The van der Waals surface area contributed by atoms with Crippen molar-refractivity contribution in [2.75, 3.05) is 0 Å². The fourth-order valence-electron chi connectivity index (χ4n) is 1.25. The number of nitrogens with zero attached hydrogens (tertiary/aromatic N) is 1. The molecular weight excluding hydrogens is 212 g/mol. The van der Waals surface area contributed by atoms with Crippen LogP contribution in [-0.4, -0.2) is 4.98 Å². The summed E-state index contributed by atoms with van der Waals surface area (Å²) in [6.45, 7) is -0.171. The average molecular weight is 221 g/mol. The summed E-state index contributed by atoms with van der Waals surface area (Å²) in [5.41, 5.74) is -0.0897. The molecule has 2 rings (SSSR count). The second-order valence-electron chi connectivity index (χ2n) is 3.16. The van der Waals surface area contributed by atoms with E-state index in [2.05, 4.69) is 4.98 Å². The molecule has 1 aromatic heterocycles. The molecule has 0 N–H and O–H groups in total. The second kappa shape index (κ2) is 4.70. The molecule has 16 heavy (non-hydrogen) atoms. The van der Waals surface area contributed by atoms with Crippen LogP contribution in [0.5, 0.6) is 5.88 Å². The van der Waals surface area contributed by atoms with Gasteiger partial charge in [-0.15, -0.1) is 0 Å². The molecule has 4 heteroatoms. The predicted octanol–water partition coefficient (Wildman–Crippen LogP) is 2.94. The number of ether oxygens (including phenoxy) is 1. The molecule has 0 atom stereocenters. The fourth-order valence-corrected chi connectivity index (χ4v) is 1.25. The molecule has 0 aliphatic rings. The van der Waals surface area contributed by atoms with Crippen LogP contribution >= 0.6 is 0 Å². The number of rotatable bonds is 3. The van der Waals surface area contributed by atoms with Crippen LogP contribution in [0.25, 0.3) is 0 Å². The summed E-state index contributed by atoms with van der Waals surface area (Å²) in [7, 11) is 0. The zero-order valence-electron chi connectivity index (χ0n) is 8.36. The molecule has 0 bridgehead atoms. The van der Waals surface area contributed by atoms with E-state index in [1.165, 1.54) is 18.2 Å². The first-order valence-electron chi connectivity index (χ1n) is 4.74. The molecule has 0 radical (unpaired) electrons. The van der Waals surface area contributed by atoms with E-state index in [4.69, 9.17) is 4.74 Å². The van der Waals surface area contributed by atoms with Gasteiger partial charge in [-0.05, 0) is 18.2 Å². The molecule has 0 fully saturated rings. The van der Waals surface area contributed by atoms with Crippen molar-refractivity contribution in [3.63, 3.8) is 0 Å². The van der Waals surface area contributed by atoms with Crippen molar-refractivity contribution in [3.05, 3.63) is 59.8 Å². The highest BCUT2D eigenvalue weighted by atomic mass is 19.1. The Kier molecular flexibility index (Phi) is 3.10. The van der Waals surface area contributed by atoms with Crippen LogP contribution in [0, 0.1) is 11.6 Å². The summed E-state index contributed by atoms with van der Waals surface area (Å²) in [6.07, 6.45) is 1.55. The maximum absolute atomic E-state index is 13.2. The smallest absolute Gasteiger partial charge is 0.213 e. The summed E-state index contributed by atoms with van der Waals surface area (Å²) >= 11 is 0. The Hall–Kier alpha value is -1.97. The van der Waals surface area contributed by atoms with E-state index in [1.54, 1.807) is 24.4 Å². The topological polar surface area (TPSA) is 22.1 Å². The van der Waals surface area contributed by atoms with E-state index in [-0.39, 0.29) is 12.2 Å². The van der Waals surface area contributed by atoms with Gasteiger partial charge < -0.3 is 4.74 Å². The highest BCUT2D eigenvalue weighted by Gasteiger charge is 2.08. The van der Waals surface area contributed by atoms with E-state index in [0.717, 1.165) is 0 Å². The molecule has 0 saturated heterocycles. The SMILES string of the molecule is Fc1cccc(F)c1COc1ccccn1. The maximum atomic E-state index is 13.2. The Morgan fingerprint density at radius 3 is 2.38 bits per heavy atom. The van der Waals surface area contributed by atoms with Crippen LogP contribution in [0.3, 0.4) is 0 Å². The number of aromatic nitrogens is 1. The van der Waals surface area contributed by atoms with Crippen molar-refractivity contribution in [2.24, 2.45) is 0 Å². The van der Waals surface area contributed by atoms with Crippen molar-refractivity contribution in [2.45, 2.75) is 6.61 Å². The van der Waals surface area contributed by atoms with Crippen molar-refractivity contribution >= 4 is 0 Å². The average Bonchev–Trinajstić information content (AvgIpc) is 2.30. The van der Waals surface area contributed by atoms with Crippen LogP contribution in [0.15, 0.2) is 42.6 Å². The fraction of sp³-hybridized carbons (Fsp3) is 0.0833. The number of hydrogen-bond acceptors (Lipinski definition) is 2. The van der Waals surface area contributed by atoms with E-state index < -0.39 is 11.6 Å². The summed E-state index contributed by atoms with van der Waals surface area (Å²) in [4.78, 5) is 3.89. The molecule has 0 unspecified atom stereocenters. The number of pyridine rings is 1. The molecule has 1 heterocycles. The van der Waals surface area contributed by atoms with Gasteiger partial charge in [0.25, 0.3) is 0 Å². The van der Waals surface area contributed by atoms with Crippen molar-refractivity contribution in [3.8, 4) is 5.88 Å². The van der Waals surface area contributed by atoms with Gasteiger partial charge in [-0.25, -0.2) is 13.8 Å². The van der Waals surface area contributed by atoms with Crippen LogP contribution in [0.1, 0.15) is 5.56 Å². The highest BCUT2D eigenvalue weighted by Crippen LogP contribution is 2.14. The molecule has 0 spiro atoms. The number of halogens is 2. The number of hydrogen-bond donors (Lipinski definition) is 0. The Balaban J connectivity index is 2.11. The molecule has 82 valence electrons. The Bertz CT molecular complexity index is 453. The molecule has 0 saturated carbocycles. The molecule has 1 aromatic carbocycles. The maximum Gasteiger partial charge on any atom is 0.213 e. The van der Waals surface area contributed by atoms with Gasteiger partial charge in [0, 0.05) is 12.3 Å². The van der Waals surface area contributed by atoms with Gasteiger partial charge >= 0.3 is 0 Å². The third kappa shape index (κ3) is 2.34. The van der Waals surface area contributed by atoms with Gasteiger partial charge in [0.2, 0.25) is 5.88 Å². The lowest BCUT2D eigenvalue weighted by Gasteiger charge is -2.06. The quantitative estimate of drug-likeness (QED) is 0.795. The van der Waals surface area contributed by atoms with Gasteiger partial charge in [0.05, 0.1) is 5.56 Å². The van der Waals surface area contributed by atoms with Gasteiger partial charge in [-0.2, -0.15) is 0 Å². The minimum atomic E-state index is -0.615. The predicted molar refractivity (Wildman–Crippen MR) is 54.9 cm³/mol. The summed E-state index contributed by atoms with van der Waals surface area (Å²) in [5.74, 6) is -0.892. The Morgan fingerprint density at radius 1 is 1.00 bits per heavy atom. The molecule has 0 aliphatic heterocycles. The first kappa shape index (κ1) is 10.5. The van der Waals surface area contributed by atoms with Gasteiger partial charge in [-0.1, -0.05) is 12.1 Å².